The smallest absolute Gasteiger partial charge is 0.204 e. The second kappa shape index (κ2) is 6.39. The monoisotopic (exact) mass is 267 g/mol. The van der Waals surface area contributed by atoms with E-state index in [0.29, 0.717) is 0 Å². The minimum atomic E-state index is 0.270. The van der Waals surface area contributed by atoms with Crippen LogP contribution in [0.25, 0.3) is 0 Å². The maximum atomic E-state index is 4.42. The highest BCUT2D eigenvalue weighted by Gasteiger charge is 2.18. The topological polar surface area (TPSA) is 36.3 Å². The maximum absolute atomic E-state index is 4.42. The lowest BCUT2D eigenvalue weighted by molar-refractivity contribution is 0.232. The third kappa shape index (κ3) is 4.84. The van der Waals surface area contributed by atoms with Gasteiger partial charge in [-0.05, 0) is 19.5 Å². The van der Waals surface area contributed by atoms with E-state index < -0.39 is 0 Å². The molecule has 0 aliphatic carbocycles. The van der Waals surface area contributed by atoms with E-state index in [-0.39, 0.29) is 5.41 Å². The van der Waals surface area contributed by atoms with E-state index in [9.17, 15) is 0 Å². The summed E-state index contributed by atoms with van der Waals surface area (Å²) in [4.78, 5) is 8.68. The van der Waals surface area contributed by atoms with Gasteiger partial charge in [-0.3, -0.25) is 0 Å². The lowest BCUT2D eigenvalue weighted by atomic mass is 9.93. The quantitative estimate of drug-likeness (QED) is 0.804. The number of nitrogens with zero attached hydrogens (tertiary/aromatic N) is 4. The summed E-state index contributed by atoms with van der Waals surface area (Å²) >= 11 is 0. The lowest BCUT2D eigenvalue weighted by Gasteiger charge is -2.28. The first-order valence-electron chi connectivity index (χ1n) is 6.76. The number of hydrogen-bond acceptors (Lipinski definition) is 4. The molecule has 0 bridgehead atoms. The Morgan fingerprint density at radius 3 is 2.37 bits per heavy atom. The molecule has 0 unspecified atom stereocenters. The SMILES string of the molecule is CN(C)CC(C)(C)CNCc1cnc(N(C)C)n1C. The first-order valence-corrected chi connectivity index (χ1v) is 6.76. The zero-order valence-corrected chi connectivity index (χ0v) is 13.5. The Balaban J connectivity index is 2.50. The van der Waals surface area contributed by atoms with Gasteiger partial charge in [0.05, 0.1) is 11.9 Å². The van der Waals surface area contributed by atoms with Crippen LogP contribution < -0.4 is 10.2 Å². The van der Waals surface area contributed by atoms with Crippen molar-refractivity contribution in [3.05, 3.63) is 11.9 Å². The molecular formula is C14H29N5. The molecule has 1 rings (SSSR count). The van der Waals surface area contributed by atoms with Gasteiger partial charge in [-0.15, -0.1) is 0 Å². The number of nitrogens with one attached hydrogen (secondary N) is 1. The fourth-order valence-electron chi connectivity index (χ4n) is 2.45. The van der Waals surface area contributed by atoms with Gasteiger partial charge in [0.2, 0.25) is 5.95 Å². The summed E-state index contributed by atoms with van der Waals surface area (Å²) < 4.78 is 2.13. The average Bonchev–Trinajstić information content (AvgIpc) is 2.58. The molecule has 1 aromatic heterocycles. The van der Waals surface area contributed by atoms with Crippen molar-refractivity contribution >= 4 is 5.95 Å². The summed E-state index contributed by atoms with van der Waals surface area (Å²) in [6.45, 7) is 7.50. The molecule has 0 fully saturated rings. The standard InChI is InChI=1S/C14H29N5/c1-14(2,11-17(3)4)10-15-8-12-9-16-13(18(5)6)19(12)7/h9,15H,8,10-11H2,1-7H3. The van der Waals surface area contributed by atoms with Gasteiger partial charge in [0.1, 0.15) is 0 Å². The van der Waals surface area contributed by atoms with Crippen LogP contribution >= 0.6 is 0 Å². The molecule has 0 saturated carbocycles. The maximum Gasteiger partial charge on any atom is 0.204 e. The third-order valence-electron chi connectivity index (χ3n) is 3.11. The molecule has 0 aliphatic rings. The van der Waals surface area contributed by atoms with Crippen LogP contribution in [-0.2, 0) is 13.6 Å². The van der Waals surface area contributed by atoms with Crippen molar-refractivity contribution in [1.29, 1.82) is 0 Å². The van der Waals surface area contributed by atoms with E-state index in [1.54, 1.807) is 0 Å². The molecule has 0 atom stereocenters. The summed E-state index contributed by atoms with van der Waals surface area (Å²) in [5.74, 6) is 0.990. The summed E-state index contributed by atoms with van der Waals surface area (Å²) in [7, 11) is 10.3. The average molecular weight is 267 g/mol. The van der Waals surface area contributed by atoms with Crippen LogP contribution in [0.4, 0.5) is 5.95 Å². The molecule has 0 radical (unpaired) electrons. The van der Waals surface area contributed by atoms with Crippen molar-refractivity contribution in [2.24, 2.45) is 12.5 Å². The highest BCUT2D eigenvalue weighted by atomic mass is 15.3. The highest BCUT2D eigenvalue weighted by Crippen LogP contribution is 2.15. The Hall–Kier alpha value is -1.07. The Morgan fingerprint density at radius 2 is 1.89 bits per heavy atom. The minimum Gasteiger partial charge on any atom is -0.348 e. The predicted octanol–water partition coefficient (Wildman–Crippen LogP) is 1.16. The highest BCUT2D eigenvalue weighted by molar-refractivity contribution is 5.30. The molecule has 5 heteroatoms. The van der Waals surface area contributed by atoms with Crippen LogP contribution in [0.15, 0.2) is 6.20 Å². The van der Waals surface area contributed by atoms with Crippen LogP contribution in [0.2, 0.25) is 0 Å². The predicted molar refractivity (Wildman–Crippen MR) is 81.6 cm³/mol. The summed E-state index contributed by atoms with van der Waals surface area (Å²) in [6.07, 6.45) is 1.95. The van der Waals surface area contributed by atoms with Gasteiger partial charge in [-0.1, -0.05) is 13.8 Å². The number of hydrogen-bond donors (Lipinski definition) is 1. The molecule has 0 aliphatic heterocycles. The summed E-state index contributed by atoms with van der Waals surface area (Å²) in [6, 6.07) is 0. The van der Waals surface area contributed by atoms with Gasteiger partial charge in [0.25, 0.3) is 0 Å². The molecule has 0 spiro atoms. The molecule has 1 heterocycles. The molecule has 0 aromatic carbocycles. The van der Waals surface area contributed by atoms with Gasteiger partial charge >= 0.3 is 0 Å². The summed E-state index contributed by atoms with van der Waals surface area (Å²) in [5, 5.41) is 3.53. The first-order chi connectivity index (χ1) is 8.73. The van der Waals surface area contributed by atoms with E-state index in [2.05, 4.69) is 54.8 Å². The fraction of sp³-hybridized carbons (Fsp3) is 0.786. The van der Waals surface area contributed by atoms with Crippen molar-refractivity contribution in [3.8, 4) is 0 Å². The second-order valence-corrected chi connectivity index (χ2v) is 6.51. The Kier molecular flexibility index (Phi) is 5.38. The molecular weight excluding hydrogens is 238 g/mol. The molecule has 1 aromatic rings. The van der Waals surface area contributed by atoms with E-state index in [0.717, 1.165) is 25.6 Å². The van der Waals surface area contributed by atoms with E-state index in [1.165, 1.54) is 5.69 Å². The number of aromatic nitrogens is 2. The van der Waals surface area contributed by atoms with Gasteiger partial charge < -0.3 is 19.7 Å². The Labute approximate surface area is 117 Å². The van der Waals surface area contributed by atoms with Crippen LogP contribution in [0.3, 0.4) is 0 Å². The van der Waals surface area contributed by atoms with E-state index >= 15 is 0 Å². The van der Waals surface area contributed by atoms with Crippen molar-refractivity contribution in [1.82, 2.24) is 19.8 Å². The van der Waals surface area contributed by atoms with Crippen LogP contribution in [0.5, 0.6) is 0 Å². The minimum absolute atomic E-state index is 0.270. The summed E-state index contributed by atoms with van der Waals surface area (Å²) in [5.41, 5.74) is 1.48. The zero-order valence-electron chi connectivity index (χ0n) is 13.5. The van der Waals surface area contributed by atoms with Crippen LogP contribution in [0.1, 0.15) is 19.5 Å². The number of imidazole rings is 1. The number of rotatable bonds is 7. The van der Waals surface area contributed by atoms with Gasteiger partial charge in [0, 0.05) is 40.8 Å². The van der Waals surface area contributed by atoms with E-state index in [1.807, 2.05) is 25.2 Å². The van der Waals surface area contributed by atoms with Gasteiger partial charge in [-0.25, -0.2) is 4.98 Å². The molecule has 0 amide bonds. The zero-order chi connectivity index (χ0) is 14.6. The van der Waals surface area contributed by atoms with E-state index in [4.69, 9.17) is 0 Å². The van der Waals surface area contributed by atoms with Crippen molar-refractivity contribution < 1.29 is 0 Å². The second-order valence-electron chi connectivity index (χ2n) is 6.51. The van der Waals surface area contributed by atoms with Crippen LogP contribution in [-0.4, -0.2) is 55.7 Å². The van der Waals surface area contributed by atoms with Crippen molar-refractivity contribution in [2.45, 2.75) is 20.4 Å². The van der Waals surface area contributed by atoms with Crippen molar-refractivity contribution in [2.75, 3.05) is 46.2 Å². The van der Waals surface area contributed by atoms with Gasteiger partial charge in [-0.2, -0.15) is 0 Å². The Morgan fingerprint density at radius 1 is 1.26 bits per heavy atom. The first kappa shape index (κ1) is 16.0. The molecule has 5 nitrogen and oxygen atoms in total. The molecule has 0 saturated heterocycles. The fourth-order valence-corrected chi connectivity index (χ4v) is 2.45. The van der Waals surface area contributed by atoms with Crippen molar-refractivity contribution in [3.63, 3.8) is 0 Å². The number of anilines is 1. The van der Waals surface area contributed by atoms with Gasteiger partial charge in [0.15, 0.2) is 0 Å². The lowest BCUT2D eigenvalue weighted by Crippen LogP contribution is -2.37. The largest absolute Gasteiger partial charge is 0.348 e. The molecule has 110 valence electrons. The third-order valence-corrected chi connectivity index (χ3v) is 3.11. The molecule has 1 N–H and O–H groups in total. The molecule has 19 heavy (non-hydrogen) atoms. The van der Waals surface area contributed by atoms with Crippen LogP contribution in [0, 0.1) is 5.41 Å². The normalized spacial score (nSPS) is 12.2. The Bertz CT molecular complexity index is 393.